The van der Waals surface area contributed by atoms with Crippen LogP contribution in [0.3, 0.4) is 0 Å². The van der Waals surface area contributed by atoms with Crippen molar-refractivity contribution in [3.8, 4) is 17.2 Å². The quantitative estimate of drug-likeness (QED) is 0.150. The number of benzene rings is 4. The Morgan fingerprint density at radius 1 is 0.884 bits per heavy atom. The van der Waals surface area contributed by atoms with Crippen molar-refractivity contribution in [2.75, 3.05) is 11.9 Å². The molecule has 10 heteroatoms. The number of carbonyl (C=O) groups excluding carboxylic acids is 2. The van der Waals surface area contributed by atoms with E-state index in [0.717, 1.165) is 16.3 Å². The largest absolute Gasteiger partial charge is 0.490 e. The second kappa shape index (κ2) is 12.9. The van der Waals surface area contributed by atoms with Crippen LogP contribution in [0.25, 0.3) is 16.5 Å². The molecule has 0 aliphatic heterocycles. The van der Waals surface area contributed by atoms with Gasteiger partial charge in [-0.25, -0.2) is 10.1 Å². The van der Waals surface area contributed by atoms with Crippen LogP contribution in [0, 0.1) is 6.92 Å². The molecule has 0 saturated heterocycles. The van der Waals surface area contributed by atoms with Crippen LogP contribution in [0.5, 0.6) is 11.5 Å². The first kappa shape index (κ1) is 28.9. The highest BCUT2D eigenvalue weighted by Crippen LogP contribution is 2.30. The summed E-state index contributed by atoms with van der Waals surface area (Å²) in [4.78, 5) is 38.1. The molecule has 0 spiro atoms. The first-order valence-electron chi connectivity index (χ1n) is 13.7. The normalized spacial score (nSPS) is 11.0. The van der Waals surface area contributed by atoms with E-state index in [9.17, 15) is 14.4 Å². The summed E-state index contributed by atoms with van der Waals surface area (Å²) in [6, 6.07) is 28.5. The van der Waals surface area contributed by atoms with Crippen molar-refractivity contribution in [2.24, 2.45) is 12.1 Å². The van der Waals surface area contributed by atoms with E-state index in [-0.39, 0.29) is 5.69 Å². The van der Waals surface area contributed by atoms with Crippen LogP contribution in [-0.2, 0) is 23.2 Å². The lowest BCUT2D eigenvalue weighted by atomic mass is 10.1. The molecule has 43 heavy (non-hydrogen) atoms. The molecular weight excluding hydrogens is 546 g/mol. The van der Waals surface area contributed by atoms with E-state index in [1.54, 1.807) is 61.1 Å². The average Bonchev–Trinajstić information content (AvgIpc) is 3.23. The van der Waals surface area contributed by atoms with Crippen molar-refractivity contribution >= 4 is 34.5 Å². The third-order valence-corrected chi connectivity index (χ3v) is 6.91. The van der Waals surface area contributed by atoms with Gasteiger partial charge in [-0.15, -0.1) is 0 Å². The van der Waals surface area contributed by atoms with Gasteiger partial charge in [0.15, 0.2) is 11.5 Å². The summed E-state index contributed by atoms with van der Waals surface area (Å²) in [6.45, 7) is 4.33. The lowest BCUT2D eigenvalue weighted by Gasteiger charge is -2.13. The third-order valence-electron chi connectivity index (χ3n) is 6.91. The van der Waals surface area contributed by atoms with E-state index < -0.39 is 17.4 Å². The second-order valence-electron chi connectivity index (χ2n) is 9.66. The molecule has 0 aliphatic carbocycles. The summed E-state index contributed by atoms with van der Waals surface area (Å²) in [5.74, 6) is -0.958. The number of nitrogens with zero attached hydrogens (tertiary/aromatic N) is 3. The van der Waals surface area contributed by atoms with Gasteiger partial charge in [0.25, 0.3) is 5.56 Å². The molecule has 1 aromatic heterocycles. The number of rotatable bonds is 9. The van der Waals surface area contributed by atoms with Crippen molar-refractivity contribution in [1.82, 2.24) is 14.8 Å². The molecule has 5 rings (SSSR count). The zero-order valence-electron chi connectivity index (χ0n) is 24.0. The molecule has 10 nitrogen and oxygen atoms in total. The highest BCUT2D eigenvalue weighted by Gasteiger charge is 2.21. The fourth-order valence-corrected chi connectivity index (χ4v) is 4.67. The van der Waals surface area contributed by atoms with Crippen molar-refractivity contribution in [2.45, 2.75) is 20.5 Å². The summed E-state index contributed by atoms with van der Waals surface area (Å²) in [7, 11) is 1.69. The Morgan fingerprint density at radius 3 is 2.42 bits per heavy atom. The highest BCUT2D eigenvalue weighted by molar-refractivity contribution is 6.39. The van der Waals surface area contributed by atoms with Crippen molar-refractivity contribution in [1.29, 1.82) is 0 Å². The van der Waals surface area contributed by atoms with Gasteiger partial charge in [-0.3, -0.25) is 19.1 Å². The Hall–Kier alpha value is -5.64. The van der Waals surface area contributed by atoms with Crippen LogP contribution in [0.1, 0.15) is 23.7 Å². The van der Waals surface area contributed by atoms with E-state index in [1.807, 2.05) is 37.3 Å². The number of amides is 2. The minimum absolute atomic E-state index is 0.0101. The molecule has 5 aromatic rings. The molecule has 0 aliphatic rings. The van der Waals surface area contributed by atoms with Gasteiger partial charge in [0.05, 0.1) is 24.2 Å². The number of hydrazone groups is 1. The summed E-state index contributed by atoms with van der Waals surface area (Å²) in [6.07, 6.45) is 1.39. The summed E-state index contributed by atoms with van der Waals surface area (Å²) < 4.78 is 14.9. The van der Waals surface area contributed by atoms with Crippen molar-refractivity contribution in [3.05, 3.63) is 118 Å². The molecule has 1 heterocycles. The van der Waals surface area contributed by atoms with E-state index in [1.165, 1.54) is 10.9 Å². The lowest BCUT2D eigenvalue weighted by molar-refractivity contribution is -0.136. The summed E-state index contributed by atoms with van der Waals surface area (Å²) >= 11 is 0. The van der Waals surface area contributed by atoms with Gasteiger partial charge < -0.3 is 14.8 Å². The predicted molar refractivity (Wildman–Crippen MR) is 166 cm³/mol. The zero-order valence-corrected chi connectivity index (χ0v) is 24.0. The molecule has 2 amide bonds. The fourth-order valence-electron chi connectivity index (χ4n) is 4.67. The first-order chi connectivity index (χ1) is 20.9. The predicted octanol–water partition coefficient (Wildman–Crippen LogP) is 4.70. The van der Waals surface area contributed by atoms with Gasteiger partial charge in [0.2, 0.25) is 0 Å². The molecule has 4 aromatic carbocycles. The zero-order chi connectivity index (χ0) is 30.3. The summed E-state index contributed by atoms with van der Waals surface area (Å²) in [5.41, 5.74) is 4.55. The van der Waals surface area contributed by atoms with E-state index >= 15 is 0 Å². The molecule has 0 radical (unpaired) electrons. The van der Waals surface area contributed by atoms with E-state index in [0.29, 0.717) is 41.7 Å². The number of para-hydroxylation sites is 1. The Morgan fingerprint density at radius 2 is 1.63 bits per heavy atom. The van der Waals surface area contributed by atoms with Crippen LogP contribution in [-0.4, -0.2) is 34.0 Å². The number of anilines is 1. The van der Waals surface area contributed by atoms with E-state index in [4.69, 9.17) is 9.47 Å². The molecule has 0 fully saturated rings. The maximum Gasteiger partial charge on any atom is 0.329 e. The number of aromatic nitrogens is 2. The van der Waals surface area contributed by atoms with Gasteiger partial charge in [0.1, 0.15) is 12.3 Å². The highest BCUT2D eigenvalue weighted by atomic mass is 16.5. The Kier molecular flexibility index (Phi) is 8.66. The maximum absolute atomic E-state index is 13.0. The molecule has 2 N–H and O–H groups in total. The molecular formula is C33H31N5O5. The fraction of sp³-hybridized carbons (Fsp3) is 0.152. The first-order valence-corrected chi connectivity index (χ1v) is 13.7. The van der Waals surface area contributed by atoms with E-state index in [2.05, 4.69) is 34.0 Å². The van der Waals surface area contributed by atoms with Gasteiger partial charge >= 0.3 is 11.8 Å². The Bertz CT molecular complexity index is 1870. The molecule has 0 saturated carbocycles. The molecule has 218 valence electrons. The minimum Gasteiger partial charge on any atom is -0.490 e. The van der Waals surface area contributed by atoms with Crippen molar-refractivity contribution < 1.29 is 19.1 Å². The standard InChI is InChI=1S/C33H31N5O5/c1-4-42-29-19-23(17-18-28(29)43-21-25-13-10-12-24-11-8-9-16-27(24)25)20-34-36-32(40)31(39)35-30-22(2)37(3)38(33(30)41)26-14-6-5-7-15-26/h5-20H,4,21H2,1-3H3,(H,35,39)(H,36,40)/b34-20+. The molecule has 0 bridgehead atoms. The third kappa shape index (κ3) is 6.33. The maximum atomic E-state index is 13.0. The topological polar surface area (TPSA) is 116 Å². The number of hydrogen-bond acceptors (Lipinski definition) is 6. The van der Waals surface area contributed by atoms with Crippen LogP contribution >= 0.6 is 0 Å². The van der Waals surface area contributed by atoms with Crippen LogP contribution in [0.4, 0.5) is 5.69 Å². The van der Waals surface area contributed by atoms with Gasteiger partial charge in [0, 0.05) is 7.05 Å². The lowest BCUT2D eigenvalue weighted by Crippen LogP contribution is -2.34. The molecule has 0 atom stereocenters. The smallest absolute Gasteiger partial charge is 0.329 e. The number of nitrogens with one attached hydrogen (secondary N) is 2. The minimum atomic E-state index is -1.02. The number of carbonyl (C=O) groups is 2. The number of hydrogen-bond donors (Lipinski definition) is 2. The Balaban J connectivity index is 1.23. The molecule has 0 unspecified atom stereocenters. The second-order valence-corrected chi connectivity index (χ2v) is 9.66. The van der Waals surface area contributed by atoms with Gasteiger partial charge in [-0.1, -0.05) is 60.7 Å². The number of fused-ring (bicyclic) bond motifs is 1. The number of ether oxygens (including phenoxy) is 2. The Labute approximate surface area is 248 Å². The van der Waals surface area contributed by atoms with Crippen LogP contribution in [0.15, 0.2) is 101 Å². The van der Waals surface area contributed by atoms with Crippen molar-refractivity contribution in [3.63, 3.8) is 0 Å². The van der Waals surface area contributed by atoms with Gasteiger partial charge in [-0.05, 0) is 66.1 Å². The summed E-state index contributed by atoms with van der Waals surface area (Å²) in [5, 5.41) is 8.58. The van der Waals surface area contributed by atoms with Gasteiger partial charge in [-0.2, -0.15) is 5.10 Å². The van der Waals surface area contributed by atoms with Crippen LogP contribution in [0.2, 0.25) is 0 Å². The van der Waals surface area contributed by atoms with Crippen LogP contribution < -0.4 is 25.8 Å². The monoisotopic (exact) mass is 577 g/mol. The SMILES string of the molecule is CCOc1cc(/C=N/NC(=O)C(=O)Nc2c(C)n(C)n(-c3ccccc3)c2=O)ccc1OCc1cccc2ccccc12. The average molecular weight is 578 g/mol.